The summed E-state index contributed by atoms with van der Waals surface area (Å²) in [6.45, 7) is 7.00. The van der Waals surface area contributed by atoms with E-state index in [2.05, 4.69) is 50.4 Å². The van der Waals surface area contributed by atoms with Crippen molar-refractivity contribution in [3.8, 4) is 0 Å². The molecule has 1 amide bonds. The maximum absolute atomic E-state index is 13.5. The van der Waals surface area contributed by atoms with E-state index in [-0.39, 0.29) is 31.5 Å². The van der Waals surface area contributed by atoms with E-state index in [0.29, 0.717) is 17.4 Å². The molecule has 3 unspecified atom stereocenters. The predicted octanol–water partition coefficient (Wildman–Crippen LogP) is 17.6. The van der Waals surface area contributed by atoms with Crippen LogP contribution in [0.4, 0.5) is 0 Å². The van der Waals surface area contributed by atoms with Crippen molar-refractivity contribution in [2.24, 2.45) is 0 Å². The predicted molar refractivity (Wildman–Crippen MR) is 296 cm³/mol. The van der Waals surface area contributed by atoms with Gasteiger partial charge < -0.3 is 19.4 Å². The number of rotatable bonds is 53. The highest BCUT2D eigenvalue weighted by Gasteiger charge is 2.30. The maximum atomic E-state index is 13.5. The van der Waals surface area contributed by atoms with Gasteiger partial charge in [0.25, 0.3) is 0 Å². The Labute approximate surface area is 427 Å². The molecule has 0 spiro atoms. The van der Waals surface area contributed by atoms with Crippen molar-refractivity contribution in [2.45, 2.75) is 290 Å². The van der Waals surface area contributed by atoms with Crippen molar-refractivity contribution in [3.63, 3.8) is 0 Å². The zero-order chi connectivity index (χ0) is 50.8. The Balaban J connectivity index is 5.29. The molecule has 406 valence electrons. The Morgan fingerprint density at radius 1 is 0.507 bits per heavy atom. The summed E-state index contributed by atoms with van der Waals surface area (Å²) in [5.41, 5.74) is 0. The Hall–Kier alpha value is -1.77. The topological polar surface area (TPSA) is 111 Å². The van der Waals surface area contributed by atoms with E-state index in [9.17, 15) is 19.0 Å². The van der Waals surface area contributed by atoms with Crippen LogP contribution >= 0.6 is 7.82 Å². The van der Waals surface area contributed by atoms with Gasteiger partial charge in [0, 0.05) is 12.8 Å². The molecule has 0 aromatic rings. The summed E-state index contributed by atoms with van der Waals surface area (Å²) in [7, 11) is 1.50. The first kappa shape index (κ1) is 67.2. The highest BCUT2D eigenvalue weighted by atomic mass is 31.2. The van der Waals surface area contributed by atoms with Crippen LogP contribution in [0.15, 0.2) is 36.5 Å². The molecule has 2 N–H and O–H groups in total. The third kappa shape index (κ3) is 51.0. The number of hydrogen-bond acceptors (Lipinski definition) is 6. The number of unbranched alkanes of at least 4 members (excludes halogenated alkanes) is 33. The standard InChI is InChI=1S/C59H113N2O7P/c1-7-10-13-16-19-22-25-27-29-30-32-34-37-40-43-46-49-52-59(63)68-57(50-47-44-41-38-35-24-21-18-15-12-9-3)56(55-67-69(64,65)66-54-53-61(4,5)6)60-58(62)51-48-45-42-39-36-33-31-28-26-23-20-17-14-11-8-2/h19,22,27,29,47,50,56-57H,7-18,20-21,23-26,28,30-46,48-49,51-55H2,1-6H3,(H-,60,62,64,65)/p+1/b22-19-,29-27-,50-47+. The van der Waals surface area contributed by atoms with Crippen LogP contribution in [0.1, 0.15) is 278 Å². The molecule has 0 aromatic carbocycles. The fraction of sp³-hybridized carbons (Fsp3) is 0.864. The number of likely N-dealkylation sites (N-methyl/N-ethyl adjacent to an activating group) is 1. The minimum atomic E-state index is -4.44. The van der Waals surface area contributed by atoms with Gasteiger partial charge in [-0.2, -0.15) is 0 Å². The SMILES string of the molecule is CCCCC/C=C\C/C=C\CCCCCCCCCC(=O)OC(/C=C/CCCCCCCCCCC)C(COP(=O)(O)OCC[N+](C)(C)C)NC(=O)CCCCCCCCCCCCCCCCC. The average Bonchev–Trinajstić information content (AvgIpc) is 3.31. The lowest BCUT2D eigenvalue weighted by atomic mass is 10.0. The Morgan fingerprint density at radius 2 is 0.884 bits per heavy atom. The van der Waals surface area contributed by atoms with Crippen molar-refractivity contribution in [1.29, 1.82) is 0 Å². The van der Waals surface area contributed by atoms with Crippen molar-refractivity contribution in [1.82, 2.24) is 5.32 Å². The number of hydrogen-bond donors (Lipinski definition) is 2. The molecule has 0 aliphatic rings. The van der Waals surface area contributed by atoms with Gasteiger partial charge in [0.1, 0.15) is 19.3 Å². The lowest BCUT2D eigenvalue weighted by molar-refractivity contribution is -0.870. The Morgan fingerprint density at radius 3 is 1.33 bits per heavy atom. The van der Waals surface area contributed by atoms with Gasteiger partial charge in [-0.1, -0.05) is 237 Å². The van der Waals surface area contributed by atoms with Crippen LogP contribution in [-0.2, 0) is 27.9 Å². The van der Waals surface area contributed by atoms with E-state index in [1.54, 1.807) is 0 Å². The normalized spacial score (nSPS) is 14.0. The van der Waals surface area contributed by atoms with E-state index in [1.807, 2.05) is 33.3 Å². The van der Waals surface area contributed by atoms with Crippen molar-refractivity contribution >= 4 is 19.7 Å². The van der Waals surface area contributed by atoms with Gasteiger partial charge in [0.2, 0.25) is 5.91 Å². The molecule has 0 aliphatic heterocycles. The number of carbonyl (C=O) groups is 2. The fourth-order valence-corrected chi connectivity index (χ4v) is 9.24. The molecule has 0 saturated carbocycles. The number of nitrogens with one attached hydrogen (secondary N) is 1. The molecule has 3 atom stereocenters. The fourth-order valence-electron chi connectivity index (χ4n) is 8.50. The van der Waals surface area contributed by atoms with Crippen molar-refractivity contribution < 1.29 is 37.3 Å². The van der Waals surface area contributed by atoms with Crippen LogP contribution in [0.5, 0.6) is 0 Å². The minimum absolute atomic E-state index is 0.0409. The first-order chi connectivity index (χ1) is 33.4. The monoisotopic (exact) mass is 994 g/mol. The van der Waals surface area contributed by atoms with Gasteiger partial charge in [0.05, 0.1) is 33.8 Å². The average molecular weight is 995 g/mol. The van der Waals surface area contributed by atoms with Crippen LogP contribution in [0.25, 0.3) is 0 Å². The van der Waals surface area contributed by atoms with Gasteiger partial charge in [-0.15, -0.1) is 0 Å². The Kier molecular flexibility index (Phi) is 48.5. The largest absolute Gasteiger partial charge is 0.472 e. The number of phosphoric acid groups is 1. The number of allylic oxidation sites excluding steroid dienone is 5. The summed E-state index contributed by atoms with van der Waals surface area (Å²) < 4.78 is 30.6. The number of nitrogens with zero attached hydrogens (tertiary/aromatic N) is 1. The summed E-state index contributed by atoms with van der Waals surface area (Å²) in [5.74, 6) is -0.505. The highest BCUT2D eigenvalue weighted by Crippen LogP contribution is 2.43. The lowest BCUT2D eigenvalue weighted by Gasteiger charge is -2.27. The summed E-state index contributed by atoms with van der Waals surface area (Å²) in [5, 5.41) is 3.05. The molecule has 0 bridgehead atoms. The molecule has 0 aliphatic carbocycles. The number of carbonyl (C=O) groups excluding carboxylic acids is 2. The summed E-state index contributed by atoms with van der Waals surface area (Å²) in [6.07, 6.45) is 58.4. The smallest absolute Gasteiger partial charge is 0.456 e. The van der Waals surface area contributed by atoms with Crippen molar-refractivity contribution in [3.05, 3.63) is 36.5 Å². The van der Waals surface area contributed by atoms with Gasteiger partial charge in [-0.3, -0.25) is 18.6 Å². The number of quaternary nitrogens is 1. The third-order valence-electron chi connectivity index (χ3n) is 13.1. The second kappa shape index (κ2) is 49.8. The van der Waals surface area contributed by atoms with Gasteiger partial charge in [-0.05, 0) is 63.9 Å². The van der Waals surface area contributed by atoms with Crippen LogP contribution in [0, 0.1) is 0 Å². The van der Waals surface area contributed by atoms with E-state index in [4.69, 9.17) is 13.8 Å². The van der Waals surface area contributed by atoms with Crippen LogP contribution < -0.4 is 5.32 Å². The molecule has 10 heteroatoms. The molecule has 9 nitrogen and oxygen atoms in total. The minimum Gasteiger partial charge on any atom is -0.456 e. The second-order valence-electron chi connectivity index (χ2n) is 21.2. The Bertz CT molecular complexity index is 1280. The molecule has 0 aromatic heterocycles. The van der Waals surface area contributed by atoms with Crippen molar-refractivity contribution in [2.75, 3.05) is 40.9 Å². The molecule has 0 radical (unpaired) electrons. The van der Waals surface area contributed by atoms with E-state index in [0.717, 1.165) is 77.0 Å². The molecule has 69 heavy (non-hydrogen) atoms. The van der Waals surface area contributed by atoms with Crippen LogP contribution in [-0.4, -0.2) is 74.3 Å². The van der Waals surface area contributed by atoms with Gasteiger partial charge in [0.15, 0.2) is 0 Å². The van der Waals surface area contributed by atoms with Gasteiger partial charge in [-0.25, -0.2) is 4.57 Å². The molecular weight excluding hydrogens is 880 g/mol. The zero-order valence-corrected chi connectivity index (χ0v) is 47.2. The maximum Gasteiger partial charge on any atom is 0.472 e. The summed E-state index contributed by atoms with van der Waals surface area (Å²) in [4.78, 5) is 37.6. The molecule has 0 heterocycles. The summed E-state index contributed by atoms with van der Waals surface area (Å²) >= 11 is 0. The number of amides is 1. The third-order valence-corrected chi connectivity index (χ3v) is 14.1. The van der Waals surface area contributed by atoms with Crippen LogP contribution in [0.2, 0.25) is 0 Å². The zero-order valence-electron chi connectivity index (χ0n) is 46.3. The molecule has 0 saturated heterocycles. The number of ether oxygens (including phenoxy) is 1. The molecule has 0 fully saturated rings. The first-order valence-corrected chi connectivity index (χ1v) is 30.8. The second-order valence-corrected chi connectivity index (χ2v) is 22.6. The lowest BCUT2D eigenvalue weighted by Crippen LogP contribution is -2.47. The van der Waals surface area contributed by atoms with E-state index < -0.39 is 20.0 Å². The molecular formula is C59H114N2O7P+. The van der Waals surface area contributed by atoms with Gasteiger partial charge >= 0.3 is 13.8 Å². The van der Waals surface area contributed by atoms with E-state index in [1.165, 1.54) is 167 Å². The highest BCUT2D eigenvalue weighted by molar-refractivity contribution is 7.47. The van der Waals surface area contributed by atoms with Crippen LogP contribution in [0.3, 0.4) is 0 Å². The number of esters is 1. The first-order valence-electron chi connectivity index (χ1n) is 29.3. The summed E-state index contributed by atoms with van der Waals surface area (Å²) in [6, 6.07) is -0.846. The number of phosphoric ester groups is 1. The quantitative estimate of drug-likeness (QED) is 0.0205. The van der Waals surface area contributed by atoms with E-state index >= 15 is 0 Å². The molecule has 0 rings (SSSR count).